The molecule has 1 fully saturated rings. The Morgan fingerprint density at radius 1 is 0.789 bits per heavy atom. The third kappa shape index (κ3) is 5.32. The summed E-state index contributed by atoms with van der Waals surface area (Å²) in [6.45, 7) is 0. The number of benzene rings is 3. The Morgan fingerprint density at radius 2 is 1.34 bits per heavy atom. The number of carbonyl (C=O) groups excluding carboxylic acids is 2. The van der Waals surface area contributed by atoms with Crippen LogP contribution < -0.4 is 33.9 Å². The first-order valence-electron chi connectivity index (χ1n) is 12.1. The van der Waals surface area contributed by atoms with Gasteiger partial charge in [-0.25, -0.2) is 0 Å². The minimum absolute atomic E-state index is 0.0622. The molecule has 1 N–H and O–H groups in total. The van der Waals surface area contributed by atoms with Crippen molar-refractivity contribution in [2.45, 2.75) is 18.9 Å². The number of hydrogen-bond acceptors (Lipinski definition) is 7. The van der Waals surface area contributed by atoms with E-state index in [9.17, 15) is 9.59 Å². The highest BCUT2D eigenvalue weighted by molar-refractivity contribution is 6.00. The van der Waals surface area contributed by atoms with Gasteiger partial charge >= 0.3 is 0 Å². The largest absolute Gasteiger partial charge is 0.497 e. The number of nitrogens with zero attached hydrogens (tertiary/aromatic N) is 1. The number of piperidine rings is 1. The van der Waals surface area contributed by atoms with Crippen LogP contribution in [0.1, 0.15) is 24.4 Å². The Hall–Kier alpha value is -4.40. The van der Waals surface area contributed by atoms with Gasteiger partial charge in [-0.2, -0.15) is 0 Å². The quantitative estimate of drug-likeness (QED) is 0.431. The topological polar surface area (TPSA) is 95.6 Å². The second-order valence-corrected chi connectivity index (χ2v) is 8.73. The maximum Gasteiger partial charge on any atom is 0.229 e. The molecule has 3 aromatic rings. The maximum atomic E-state index is 13.8. The van der Waals surface area contributed by atoms with Crippen molar-refractivity contribution in [3.63, 3.8) is 0 Å². The number of rotatable bonds is 9. The smallest absolute Gasteiger partial charge is 0.229 e. The summed E-state index contributed by atoms with van der Waals surface area (Å²) >= 11 is 0. The Balaban J connectivity index is 1.73. The van der Waals surface area contributed by atoms with Crippen LogP contribution in [0, 0.1) is 5.92 Å². The molecule has 0 bridgehead atoms. The van der Waals surface area contributed by atoms with Gasteiger partial charge in [0.2, 0.25) is 17.6 Å². The zero-order valence-electron chi connectivity index (χ0n) is 22.1. The molecule has 1 aliphatic rings. The third-order valence-electron chi connectivity index (χ3n) is 6.67. The molecular weight excluding hydrogens is 488 g/mol. The molecule has 2 amide bonds. The average molecular weight is 521 g/mol. The maximum absolute atomic E-state index is 13.8. The van der Waals surface area contributed by atoms with Gasteiger partial charge in [0, 0.05) is 29.9 Å². The number of ether oxygens (including phenoxy) is 5. The highest BCUT2D eigenvalue weighted by Gasteiger charge is 2.41. The minimum atomic E-state index is -0.544. The Morgan fingerprint density at radius 3 is 1.84 bits per heavy atom. The lowest BCUT2D eigenvalue weighted by atomic mass is 9.83. The molecule has 0 saturated carbocycles. The highest BCUT2D eigenvalue weighted by atomic mass is 16.5. The molecule has 2 unspecified atom stereocenters. The molecule has 9 heteroatoms. The fourth-order valence-electron chi connectivity index (χ4n) is 4.78. The van der Waals surface area contributed by atoms with Crippen molar-refractivity contribution >= 4 is 23.2 Å². The molecular formula is C29H32N2O7. The molecule has 1 heterocycles. The van der Waals surface area contributed by atoms with Crippen molar-refractivity contribution in [1.29, 1.82) is 0 Å². The molecule has 0 aromatic heterocycles. The lowest BCUT2D eigenvalue weighted by Gasteiger charge is -2.41. The van der Waals surface area contributed by atoms with Crippen LogP contribution in [-0.4, -0.2) is 47.4 Å². The van der Waals surface area contributed by atoms with Crippen molar-refractivity contribution < 1.29 is 33.3 Å². The zero-order chi connectivity index (χ0) is 27.2. The molecule has 0 spiro atoms. The molecule has 1 saturated heterocycles. The van der Waals surface area contributed by atoms with Crippen LogP contribution in [-0.2, 0) is 9.59 Å². The lowest BCUT2D eigenvalue weighted by molar-refractivity contribution is -0.125. The lowest BCUT2D eigenvalue weighted by Crippen LogP contribution is -2.46. The van der Waals surface area contributed by atoms with Crippen LogP contribution in [0.4, 0.5) is 11.4 Å². The zero-order valence-corrected chi connectivity index (χ0v) is 22.1. The van der Waals surface area contributed by atoms with Crippen LogP contribution in [0.2, 0.25) is 0 Å². The molecule has 0 aliphatic carbocycles. The molecule has 9 nitrogen and oxygen atoms in total. The summed E-state index contributed by atoms with van der Waals surface area (Å²) in [6, 6.07) is 17.5. The van der Waals surface area contributed by atoms with Gasteiger partial charge < -0.3 is 33.9 Å². The van der Waals surface area contributed by atoms with Gasteiger partial charge in [0.1, 0.15) is 11.5 Å². The normalized spacial score (nSPS) is 17.0. The molecule has 200 valence electrons. The highest BCUT2D eigenvalue weighted by Crippen LogP contribution is 2.43. The van der Waals surface area contributed by atoms with Crippen molar-refractivity contribution in [2.24, 2.45) is 5.92 Å². The summed E-state index contributed by atoms with van der Waals surface area (Å²) in [5.41, 5.74) is 1.99. The van der Waals surface area contributed by atoms with E-state index in [0.29, 0.717) is 46.5 Å². The molecule has 4 rings (SSSR count). The summed E-state index contributed by atoms with van der Waals surface area (Å²) in [7, 11) is 7.73. The summed E-state index contributed by atoms with van der Waals surface area (Å²) in [5.74, 6) is 1.81. The second-order valence-electron chi connectivity index (χ2n) is 8.73. The molecule has 3 aromatic carbocycles. The second kappa shape index (κ2) is 11.8. The third-order valence-corrected chi connectivity index (χ3v) is 6.67. The van der Waals surface area contributed by atoms with E-state index in [-0.39, 0.29) is 18.2 Å². The number of hydrogen-bond donors (Lipinski definition) is 1. The molecule has 0 radical (unpaired) electrons. The predicted molar refractivity (Wildman–Crippen MR) is 144 cm³/mol. The van der Waals surface area contributed by atoms with Gasteiger partial charge in [0.25, 0.3) is 0 Å². The Bertz CT molecular complexity index is 1250. The monoisotopic (exact) mass is 520 g/mol. The first-order chi connectivity index (χ1) is 18.4. The number of nitrogens with one attached hydrogen (secondary N) is 1. The van der Waals surface area contributed by atoms with Crippen molar-refractivity contribution in [3.05, 3.63) is 66.2 Å². The number of amides is 2. The van der Waals surface area contributed by atoms with Crippen LogP contribution >= 0.6 is 0 Å². The van der Waals surface area contributed by atoms with Crippen LogP contribution in [0.25, 0.3) is 0 Å². The standard InChI is InChI=1S/C29H32N2O7/c1-34-21-10-6-18(7-11-21)27-23(14-15-26(32)31(27)20-8-12-22(35-2)13-9-20)29(33)30-19-16-24(36-3)28(38-5)25(17-19)37-4/h6-13,16-17,23,27H,14-15H2,1-5H3,(H,30,33). The summed E-state index contributed by atoms with van der Waals surface area (Å²) in [5, 5.41) is 3.00. The summed E-state index contributed by atoms with van der Waals surface area (Å²) < 4.78 is 26.9. The Labute approximate surface area is 222 Å². The molecule has 2 atom stereocenters. The first kappa shape index (κ1) is 26.7. The summed E-state index contributed by atoms with van der Waals surface area (Å²) in [4.78, 5) is 28.8. The van der Waals surface area contributed by atoms with Crippen LogP contribution in [0.5, 0.6) is 28.7 Å². The van der Waals surface area contributed by atoms with E-state index < -0.39 is 12.0 Å². The van der Waals surface area contributed by atoms with Gasteiger partial charge in [-0.15, -0.1) is 0 Å². The van der Waals surface area contributed by atoms with Crippen molar-refractivity contribution in [3.8, 4) is 28.7 Å². The van der Waals surface area contributed by atoms with Crippen molar-refractivity contribution in [1.82, 2.24) is 0 Å². The van der Waals surface area contributed by atoms with E-state index >= 15 is 0 Å². The number of anilines is 2. The van der Waals surface area contributed by atoms with E-state index in [1.165, 1.54) is 21.3 Å². The number of methoxy groups -OCH3 is 5. The van der Waals surface area contributed by atoms with Crippen LogP contribution in [0.15, 0.2) is 60.7 Å². The van der Waals surface area contributed by atoms with Crippen LogP contribution in [0.3, 0.4) is 0 Å². The van der Waals surface area contributed by atoms with E-state index in [0.717, 1.165) is 5.56 Å². The van der Waals surface area contributed by atoms with E-state index in [2.05, 4.69) is 5.32 Å². The molecule has 1 aliphatic heterocycles. The van der Waals surface area contributed by atoms with E-state index in [4.69, 9.17) is 23.7 Å². The minimum Gasteiger partial charge on any atom is -0.497 e. The van der Waals surface area contributed by atoms with Crippen molar-refractivity contribution in [2.75, 3.05) is 45.8 Å². The fourth-order valence-corrected chi connectivity index (χ4v) is 4.78. The van der Waals surface area contributed by atoms with Gasteiger partial charge in [-0.05, 0) is 48.4 Å². The molecule has 38 heavy (non-hydrogen) atoms. The van der Waals surface area contributed by atoms with E-state index in [1.807, 2.05) is 36.4 Å². The Kier molecular flexibility index (Phi) is 8.25. The first-order valence-corrected chi connectivity index (χ1v) is 12.1. The fraction of sp³-hybridized carbons (Fsp3) is 0.310. The summed E-state index contributed by atoms with van der Waals surface area (Å²) in [6.07, 6.45) is 0.616. The van der Waals surface area contributed by atoms with Gasteiger partial charge in [-0.1, -0.05) is 12.1 Å². The SMILES string of the molecule is COc1ccc(C2C(C(=O)Nc3cc(OC)c(OC)c(OC)c3)CCC(=O)N2c2ccc(OC)cc2)cc1. The average Bonchev–Trinajstić information content (AvgIpc) is 2.96. The van der Waals surface area contributed by atoms with E-state index in [1.54, 1.807) is 43.4 Å². The van der Waals surface area contributed by atoms with Gasteiger partial charge in [0.15, 0.2) is 11.5 Å². The van der Waals surface area contributed by atoms with Gasteiger partial charge in [-0.3, -0.25) is 9.59 Å². The number of carbonyl (C=O) groups is 2. The predicted octanol–water partition coefficient (Wildman–Crippen LogP) is 4.85. The van der Waals surface area contributed by atoms with Gasteiger partial charge in [0.05, 0.1) is 47.5 Å².